The minimum absolute atomic E-state index is 0.000322. The SMILES string of the molecule is O=C(O)CCN(CCc1ccccc1OCc1ccc(-c2nc3cc(OC(F)(F)F)ccc3o2)cc1)C1CCCc2nc(C(=O)O)ccc21. The maximum Gasteiger partial charge on any atom is 0.573 e. The van der Waals surface area contributed by atoms with Crippen molar-refractivity contribution in [3.63, 3.8) is 0 Å². The standard InChI is InChI=1S/C36H32F3N3O7/c37-36(38,39)49-25-12-15-32-29(20-25)41-34(48-32)24-10-8-22(9-11-24)21-47-31-7-2-1-4-23(31)16-18-42(19-17-33(43)44)30-6-3-5-27-26(30)13-14-28(40-27)35(45)46/h1-2,4,7-15,20,30H,3,5-6,16-19,21H2,(H,43,44)(H,45,46). The van der Waals surface area contributed by atoms with Crippen LogP contribution in [0, 0.1) is 0 Å². The molecule has 2 N–H and O–H groups in total. The molecule has 1 atom stereocenters. The summed E-state index contributed by atoms with van der Waals surface area (Å²) in [6, 6.07) is 21.9. The lowest BCUT2D eigenvalue weighted by Crippen LogP contribution is -2.35. The van der Waals surface area contributed by atoms with Crippen LogP contribution in [0.1, 0.15) is 58.2 Å². The minimum atomic E-state index is -4.81. The topological polar surface area (TPSA) is 135 Å². The minimum Gasteiger partial charge on any atom is -0.489 e. The first kappa shape index (κ1) is 33.5. The second-order valence-corrected chi connectivity index (χ2v) is 11.7. The van der Waals surface area contributed by atoms with Crippen molar-refractivity contribution in [3.8, 4) is 23.0 Å². The first-order valence-corrected chi connectivity index (χ1v) is 15.7. The Balaban J connectivity index is 1.12. The number of carbonyl (C=O) groups is 2. The van der Waals surface area contributed by atoms with Gasteiger partial charge in [-0.25, -0.2) is 14.8 Å². The Morgan fingerprint density at radius 3 is 2.51 bits per heavy atom. The van der Waals surface area contributed by atoms with Crippen molar-refractivity contribution >= 4 is 23.0 Å². The summed E-state index contributed by atoms with van der Waals surface area (Å²) < 4.78 is 53.7. The molecule has 1 aliphatic carbocycles. The number of alkyl halides is 3. The van der Waals surface area contributed by atoms with Crippen molar-refractivity contribution < 1.29 is 46.9 Å². The van der Waals surface area contributed by atoms with Gasteiger partial charge in [0.2, 0.25) is 5.89 Å². The number of aromatic nitrogens is 2. The normalized spacial score (nSPS) is 14.5. The highest BCUT2D eigenvalue weighted by Crippen LogP contribution is 2.35. The largest absolute Gasteiger partial charge is 0.573 e. The molecule has 254 valence electrons. The Hall–Kier alpha value is -5.43. The Morgan fingerprint density at radius 2 is 1.76 bits per heavy atom. The zero-order chi connectivity index (χ0) is 34.5. The number of fused-ring (bicyclic) bond motifs is 2. The molecule has 5 aromatic rings. The van der Waals surface area contributed by atoms with E-state index < -0.39 is 18.3 Å². The molecule has 1 aliphatic rings. The number of halogens is 3. The molecule has 2 aromatic heterocycles. The third kappa shape index (κ3) is 8.36. The zero-order valence-corrected chi connectivity index (χ0v) is 26.2. The quantitative estimate of drug-likeness (QED) is 0.129. The summed E-state index contributed by atoms with van der Waals surface area (Å²) in [5, 5.41) is 18.8. The predicted molar refractivity (Wildman–Crippen MR) is 171 cm³/mol. The van der Waals surface area contributed by atoms with Gasteiger partial charge in [-0.05, 0) is 78.8 Å². The first-order chi connectivity index (χ1) is 23.5. The number of rotatable bonds is 13. The zero-order valence-electron chi connectivity index (χ0n) is 26.2. The maximum atomic E-state index is 12.6. The molecular formula is C36H32F3N3O7. The lowest BCUT2D eigenvalue weighted by atomic mass is 9.89. The maximum absolute atomic E-state index is 12.6. The molecule has 6 rings (SSSR count). The average molecular weight is 676 g/mol. The molecule has 0 bridgehead atoms. The van der Waals surface area contributed by atoms with Crippen LogP contribution in [0.5, 0.6) is 11.5 Å². The average Bonchev–Trinajstić information content (AvgIpc) is 3.50. The Bertz CT molecular complexity index is 1960. The van der Waals surface area contributed by atoms with Gasteiger partial charge in [-0.3, -0.25) is 9.69 Å². The van der Waals surface area contributed by atoms with Gasteiger partial charge in [0, 0.05) is 36.5 Å². The third-order valence-corrected chi connectivity index (χ3v) is 8.36. The monoisotopic (exact) mass is 675 g/mol. The number of carboxylic acid groups (broad SMARTS) is 2. The van der Waals surface area contributed by atoms with Crippen LogP contribution in [0.2, 0.25) is 0 Å². The Kier molecular flexibility index (Phi) is 9.81. The summed E-state index contributed by atoms with van der Waals surface area (Å²) in [5.74, 6) is -1.41. The summed E-state index contributed by atoms with van der Waals surface area (Å²) in [6.45, 7) is 1.15. The van der Waals surface area contributed by atoms with Gasteiger partial charge >= 0.3 is 18.3 Å². The fourth-order valence-electron chi connectivity index (χ4n) is 6.04. The Morgan fingerprint density at radius 1 is 0.959 bits per heavy atom. The van der Waals surface area contributed by atoms with E-state index >= 15 is 0 Å². The molecule has 0 amide bonds. The number of aryl methyl sites for hydroxylation is 1. The van der Waals surface area contributed by atoms with E-state index in [0.29, 0.717) is 42.8 Å². The molecular weight excluding hydrogens is 643 g/mol. The van der Waals surface area contributed by atoms with Gasteiger partial charge in [0.15, 0.2) is 5.58 Å². The van der Waals surface area contributed by atoms with E-state index in [1.54, 1.807) is 18.2 Å². The van der Waals surface area contributed by atoms with Crippen LogP contribution < -0.4 is 9.47 Å². The molecule has 13 heteroatoms. The number of pyridine rings is 1. The number of hydrogen-bond acceptors (Lipinski definition) is 8. The molecule has 0 aliphatic heterocycles. The molecule has 0 spiro atoms. The summed E-state index contributed by atoms with van der Waals surface area (Å²) in [5.41, 5.74) is 4.70. The number of benzene rings is 3. The molecule has 10 nitrogen and oxygen atoms in total. The van der Waals surface area contributed by atoms with Crippen molar-refractivity contribution in [2.45, 2.75) is 51.1 Å². The number of oxazole rings is 1. The second kappa shape index (κ2) is 14.4. The van der Waals surface area contributed by atoms with Gasteiger partial charge in [0.25, 0.3) is 0 Å². The summed E-state index contributed by atoms with van der Waals surface area (Å²) in [6.07, 6.45) is -1.94. The van der Waals surface area contributed by atoms with E-state index in [1.807, 2.05) is 36.4 Å². The van der Waals surface area contributed by atoms with E-state index in [4.69, 9.17) is 9.15 Å². The number of ether oxygens (including phenoxy) is 2. The highest BCUT2D eigenvalue weighted by Gasteiger charge is 2.31. The lowest BCUT2D eigenvalue weighted by molar-refractivity contribution is -0.274. The van der Waals surface area contributed by atoms with Gasteiger partial charge in [0.1, 0.15) is 29.3 Å². The van der Waals surface area contributed by atoms with E-state index in [0.717, 1.165) is 35.2 Å². The van der Waals surface area contributed by atoms with Crippen molar-refractivity contribution in [2.24, 2.45) is 0 Å². The van der Waals surface area contributed by atoms with Crippen molar-refractivity contribution in [1.29, 1.82) is 0 Å². The van der Waals surface area contributed by atoms with Gasteiger partial charge in [-0.15, -0.1) is 13.2 Å². The van der Waals surface area contributed by atoms with Crippen LogP contribution in [0.3, 0.4) is 0 Å². The van der Waals surface area contributed by atoms with Crippen molar-refractivity contribution in [1.82, 2.24) is 14.9 Å². The van der Waals surface area contributed by atoms with Crippen LogP contribution in [-0.2, 0) is 24.2 Å². The number of hydrogen-bond donors (Lipinski definition) is 2. The van der Waals surface area contributed by atoms with E-state index in [1.165, 1.54) is 24.3 Å². The second-order valence-electron chi connectivity index (χ2n) is 11.7. The van der Waals surface area contributed by atoms with Crippen LogP contribution in [0.4, 0.5) is 13.2 Å². The number of carboxylic acids is 2. The van der Waals surface area contributed by atoms with Crippen LogP contribution in [-0.4, -0.2) is 56.5 Å². The number of aromatic carboxylic acids is 1. The fraction of sp³-hybridized carbons (Fsp3) is 0.278. The predicted octanol–water partition coefficient (Wildman–Crippen LogP) is 7.46. The molecule has 2 heterocycles. The van der Waals surface area contributed by atoms with Crippen LogP contribution in [0.25, 0.3) is 22.6 Å². The molecule has 1 unspecified atom stereocenters. The molecule has 3 aromatic carbocycles. The van der Waals surface area contributed by atoms with Crippen molar-refractivity contribution in [2.75, 3.05) is 13.1 Å². The number of para-hydroxylation sites is 1. The van der Waals surface area contributed by atoms with E-state index in [-0.39, 0.29) is 41.9 Å². The lowest BCUT2D eigenvalue weighted by Gasteiger charge is -2.35. The van der Waals surface area contributed by atoms with Gasteiger partial charge in [-0.2, -0.15) is 0 Å². The van der Waals surface area contributed by atoms with Crippen LogP contribution in [0.15, 0.2) is 83.3 Å². The Labute approximate surface area is 278 Å². The third-order valence-electron chi connectivity index (χ3n) is 8.36. The van der Waals surface area contributed by atoms with Gasteiger partial charge in [-0.1, -0.05) is 36.4 Å². The van der Waals surface area contributed by atoms with E-state index in [2.05, 4.69) is 19.6 Å². The number of aliphatic carboxylic acids is 1. The fourth-order valence-corrected chi connectivity index (χ4v) is 6.04. The summed E-state index contributed by atoms with van der Waals surface area (Å²) >= 11 is 0. The summed E-state index contributed by atoms with van der Waals surface area (Å²) in [7, 11) is 0. The smallest absolute Gasteiger partial charge is 0.489 e. The molecule has 0 saturated heterocycles. The van der Waals surface area contributed by atoms with E-state index in [9.17, 15) is 33.0 Å². The molecule has 0 radical (unpaired) electrons. The van der Waals surface area contributed by atoms with Crippen LogP contribution >= 0.6 is 0 Å². The highest BCUT2D eigenvalue weighted by atomic mass is 19.4. The molecule has 0 fully saturated rings. The van der Waals surface area contributed by atoms with Gasteiger partial charge < -0.3 is 24.1 Å². The first-order valence-electron chi connectivity index (χ1n) is 15.7. The summed E-state index contributed by atoms with van der Waals surface area (Å²) in [4.78, 5) is 33.8. The van der Waals surface area contributed by atoms with Gasteiger partial charge in [0.05, 0.1) is 6.42 Å². The van der Waals surface area contributed by atoms with Crippen molar-refractivity contribution in [3.05, 3.63) is 107 Å². The molecule has 0 saturated carbocycles. The number of nitrogens with zero attached hydrogens (tertiary/aromatic N) is 3. The molecule has 49 heavy (non-hydrogen) atoms. The highest BCUT2D eigenvalue weighted by molar-refractivity contribution is 5.85.